The van der Waals surface area contributed by atoms with Crippen LogP contribution in [0.25, 0.3) is 0 Å². The molecule has 6 heteroatoms. The molecule has 2 heterocycles. The second kappa shape index (κ2) is 7.14. The number of hydrogen-bond donors (Lipinski definition) is 2. The van der Waals surface area contributed by atoms with E-state index in [9.17, 15) is 4.79 Å². The van der Waals surface area contributed by atoms with Crippen molar-refractivity contribution < 1.29 is 5.11 Å². The lowest BCUT2D eigenvalue weighted by Gasteiger charge is -1.99. The van der Waals surface area contributed by atoms with Gasteiger partial charge in [-0.25, -0.2) is 4.98 Å². The van der Waals surface area contributed by atoms with Crippen LogP contribution in [0.5, 0.6) is 0 Å². The topological polar surface area (TPSA) is 66.0 Å². The van der Waals surface area contributed by atoms with Gasteiger partial charge >= 0.3 is 0 Å². The van der Waals surface area contributed by atoms with E-state index in [-0.39, 0.29) is 12.2 Å². The number of aliphatic hydroxyl groups excluding tert-OH is 1. The molecule has 0 atom stereocenters. The summed E-state index contributed by atoms with van der Waals surface area (Å²) in [5.41, 5.74) is 0.830. The van der Waals surface area contributed by atoms with Gasteiger partial charge in [-0.1, -0.05) is 23.6 Å². The molecular weight excluding hydrogens is 280 g/mol. The molecule has 0 amide bonds. The lowest BCUT2D eigenvalue weighted by Crippen LogP contribution is -2.05. The van der Waals surface area contributed by atoms with Crippen LogP contribution < -0.4 is 5.56 Å². The molecule has 2 rings (SSSR count). The van der Waals surface area contributed by atoms with Gasteiger partial charge in [0.25, 0.3) is 5.56 Å². The first-order valence-electron chi connectivity index (χ1n) is 5.64. The minimum atomic E-state index is -0.147. The van der Waals surface area contributed by atoms with E-state index in [0.29, 0.717) is 17.3 Å². The molecule has 2 aromatic heterocycles. The van der Waals surface area contributed by atoms with Gasteiger partial charge in [-0.2, -0.15) is 0 Å². The molecule has 19 heavy (non-hydrogen) atoms. The van der Waals surface area contributed by atoms with Crippen molar-refractivity contribution in [3.8, 4) is 11.8 Å². The maximum absolute atomic E-state index is 11.1. The maximum atomic E-state index is 11.1. The van der Waals surface area contributed by atoms with Crippen LogP contribution >= 0.6 is 23.1 Å². The number of nitrogens with zero attached hydrogens (tertiary/aromatic N) is 1. The minimum absolute atomic E-state index is 0.0798. The molecule has 0 spiro atoms. The van der Waals surface area contributed by atoms with Crippen molar-refractivity contribution in [3.63, 3.8) is 0 Å². The Morgan fingerprint density at radius 3 is 3.16 bits per heavy atom. The Morgan fingerprint density at radius 2 is 2.37 bits per heavy atom. The van der Waals surface area contributed by atoms with Crippen molar-refractivity contribution in [2.75, 3.05) is 6.61 Å². The highest BCUT2D eigenvalue weighted by molar-refractivity contribution is 7.98. The first-order valence-corrected chi connectivity index (χ1v) is 7.50. The Hall–Kier alpha value is -1.55. The Labute approximate surface area is 118 Å². The van der Waals surface area contributed by atoms with Crippen LogP contribution in [0.1, 0.15) is 16.9 Å². The number of aromatic amines is 1. The van der Waals surface area contributed by atoms with Crippen molar-refractivity contribution >= 4 is 23.1 Å². The zero-order valence-electron chi connectivity index (χ0n) is 10.0. The average Bonchev–Trinajstić information content (AvgIpc) is 2.84. The largest absolute Gasteiger partial charge is 0.395 e. The van der Waals surface area contributed by atoms with Gasteiger partial charge in [-0.15, -0.1) is 11.3 Å². The highest BCUT2D eigenvalue weighted by Crippen LogP contribution is 2.24. The van der Waals surface area contributed by atoms with Gasteiger partial charge in [0.1, 0.15) is 0 Å². The molecule has 0 fully saturated rings. The smallest absolute Gasteiger partial charge is 0.251 e. The van der Waals surface area contributed by atoms with Gasteiger partial charge < -0.3 is 10.1 Å². The van der Waals surface area contributed by atoms with Crippen molar-refractivity contribution in [3.05, 3.63) is 44.5 Å². The van der Waals surface area contributed by atoms with E-state index in [0.717, 1.165) is 10.4 Å². The number of aromatic nitrogens is 2. The van der Waals surface area contributed by atoms with Crippen molar-refractivity contribution in [1.82, 2.24) is 9.97 Å². The predicted molar refractivity (Wildman–Crippen MR) is 77.3 cm³/mol. The quantitative estimate of drug-likeness (QED) is 0.513. The zero-order chi connectivity index (χ0) is 13.5. The number of H-pyrrole nitrogens is 1. The van der Waals surface area contributed by atoms with E-state index >= 15 is 0 Å². The van der Waals surface area contributed by atoms with Crippen LogP contribution in [0.2, 0.25) is 0 Å². The Balaban J connectivity index is 2.03. The lowest BCUT2D eigenvalue weighted by atomic mass is 10.2. The molecule has 0 saturated carbocycles. The number of thiophene rings is 1. The number of aliphatic hydroxyl groups is 1. The van der Waals surface area contributed by atoms with Crippen LogP contribution in [-0.4, -0.2) is 21.7 Å². The van der Waals surface area contributed by atoms with E-state index in [1.165, 1.54) is 24.0 Å². The van der Waals surface area contributed by atoms with E-state index in [2.05, 4.69) is 21.8 Å². The highest BCUT2D eigenvalue weighted by Gasteiger charge is 2.04. The fourth-order valence-corrected chi connectivity index (χ4v) is 3.13. The molecular formula is C13H12N2O2S2. The van der Waals surface area contributed by atoms with Crippen molar-refractivity contribution in [2.45, 2.75) is 17.3 Å². The predicted octanol–water partition coefficient (Wildman–Crippen LogP) is 1.86. The third kappa shape index (κ3) is 4.24. The normalized spacial score (nSPS) is 9.95. The molecule has 0 bridgehead atoms. The number of rotatable bonds is 4. The molecule has 98 valence electrons. The first kappa shape index (κ1) is 13.9. The average molecular weight is 292 g/mol. The molecule has 0 aliphatic heterocycles. The molecule has 2 aromatic rings. The molecule has 2 N–H and O–H groups in total. The van der Waals surface area contributed by atoms with Crippen molar-refractivity contribution in [2.24, 2.45) is 0 Å². The summed E-state index contributed by atoms with van der Waals surface area (Å²) in [4.78, 5) is 19.0. The highest BCUT2D eigenvalue weighted by atomic mass is 32.2. The number of thioether (sulfide) groups is 1. The fraction of sp³-hybridized carbons (Fsp3) is 0.231. The van der Waals surface area contributed by atoms with Crippen LogP contribution in [0.4, 0.5) is 0 Å². The summed E-state index contributed by atoms with van der Waals surface area (Å²) in [7, 11) is 0. The van der Waals surface area contributed by atoms with Gasteiger partial charge in [0.15, 0.2) is 5.16 Å². The van der Waals surface area contributed by atoms with Gasteiger partial charge in [0.05, 0.1) is 6.61 Å². The second-order valence-corrected chi connectivity index (χ2v) is 5.53. The zero-order valence-corrected chi connectivity index (χ0v) is 11.7. The van der Waals surface area contributed by atoms with E-state index in [4.69, 9.17) is 5.11 Å². The van der Waals surface area contributed by atoms with E-state index < -0.39 is 0 Å². The third-order valence-corrected chi connectivity index (χ3v) is 4.21. The molecule has 0 unspecified atom stereocenters. The van der Waals surface area contributed by atoms with Crippen LogP contribution in [0.15, 0.2) is 33.7 Å². The minimum Gasteiger partial charge on any atom is -0.395 e. The first-order chi connectivity index (χ1) is 9.29. The Morgan fingerprint density at radius 1 is 1.47 bits per heavy atom. The van der Waals surface area contributed by atoms with Gasteiger partial charge in [0, 0.05) is 34.9 Å². The third-order valence-electron chi connectivity index (χ3n) is 2.19. The van der Waals surface area contributed by atoms with E-state index in [1.54, 1.807) is 11.3 Å². The molecule has 0 aliphatic rings. The SMILES string of the molecule is O=c1ccnc(SCc2sccc2C#CCCO)[nH]1. The number of nitrogens with one attached hydrogen (secondary N) is 1. The summed E-state index contributed by atoms with van der Waals surface area (Å²) in [5.74, 6) is 6.66. The van der Waals surface area contributed by atoms with Crippen LogP contribution in [0.3, 0.4) is 0 Å². The monoisotopic (exact) mass is 292 g/mol. The summed E-state index contributed by atoms with van der Waals surface area (Å²) in [5, 5.41) is 11.3. The summed E-state index contributed by atoms with van der Waals surface area (Å²) < 4.78 is 0. The molecule has 0 aliphatic carbocycles. The van der Waals surface area contributed by atoms with Crippen molar-refractivity contribution in [1.29, 1.82) is 0 Å². The summed E-state index contributed by atoms with van der Waals surface area (Å²) >= 11 is 3.10. The summed E-state index contributed by atoms with van der Waals surface area (Å²) in [6, 6.07) is 3.35. The molecule has 0 aromatic carbocycles. The summed E-state index contributed by atoms with van der Waals surface area (Å²) in [6.07, 6.45) is 1.98. The second-order valence-electron chi connectivity index (χ2n) is 3.56. The van der Waals surface area contributed by atoms with Crippen LogP contribution in [0, 0.1) is 11.8 Å². The Kier molecular flexibility index (Phi) is 5.21. The fourth-order valence-electron chi connectivity index (χ4n) is 1.34. The van der Waals surface area contributed by atoms with Gasteiger partial charge in [-0.3, -0.25) is 4.79 Å². The summed E-state index contributed by atoms with van der Waals surface area (Å²) in [6.45, 7) is 0.0798. The molecule has 0 radical (unpaired) electrons. The molecule has 0 saturated heterocycles. The maximum Gasteiger partial charge on any atom is 0.251 e. The van der Waals surface area contributed by atoms with Gasteiger partial charge in [0.2, 0.25) is 0 Å². The number of hydrogen-bond acceptors (Lipinski definition) is 5. The van der Waals surface area contributed by atoms with E-state index in [1.807, 2.05) is 11.4 Å². The molecule has 4 nitrogen and oxygen atoms in total. The Bertz CT molecular complexity index is 652. The van der Waals surface area contributed by atoms with Gasteiger partial charge in [-0.05, 0) is 11.4 Å². The lowest BCUT2D eigenvalue weighted by molar-refractivity contribution is 0.305. The standard InChI is InChI=1S/C13H12N2O2S2/c16-7-2-1-3-10-5-8-18-11(10)9-19-13-14-6-4-12(17)15-13/h4-6,8,16H,2,7,9H2,(H,14,15,17). The van der Waals surface area contributed by atoms with Crippen LogP contribution in [-0.2, 0) is 5.75 Å².